The summed E-state index contributed by atoms with van der Waals surface area (Å²) < 4.78 is 5.46. The third kappa shape index (κ3) is 1.70. The molecular weight excluding hydrogens is 128 g/mol. The molecule has 1 fully saturated rings. The summed E-state index contributed by atoms with van der Waals surface area (Å²) in [5, 5.41) is 9.35. The molecule has 0 unspecified atom stereocenters. The van der Waals surface area contributed by atoms with Crippen LogP contribution in [0.15, 0.2) is 0 Å². The Morgan fingerprint density at radius 1 is 1.60 bits per heavy atom. The van der Waals surface area contributed by atoms with E-state index in [1.807, 2.05) is 6.92 Å². The highest BCUT2D eigenvalue weighted by Gasteiger charge is 2.26. The van der Waals surface area contributed by atoms with Gasteiger partial charge in [0.2, 0.25) is 0 Å². The standard InChI is InChI=1S/C8H16O2/c1-3-7(9)8-5-4-6(2)10-8/h6-9H,3-5H2,1-2H3/t6-,7+,8+/m1/s1. The van der Waals surface area contributed by atoms with Gasteiger partial charge in [-0.25, -0.2) is 0 Å². The van der Waals surface area contributed by atoms with Crippen LogP contribution in [0.3, 0.4) is 0 Å². The molecule has 0 spiro atoms. The minimum absolute atomic E-state index is 0.111. The lowest BCUT2D eigenvalue weighted by Crippen LogP contribution is -2.24. The average molecular weight is 144 g/mol. The van der Waals surface area contributed by atoms with Crippen molar-refractivity contribution in [3.8, 4) is 0 Å². The molecule has 0 radical (unpaired) electrons. The van der Waals surface area contributed by atoms with Crippen molar-refractivity contribution in [2.45, 2.75) is 51.4 Å². The first-order valence-corrected chi connectivity index (χ1v) is 4.07. The van der Waals surface area contributed by atoms with Crippen molar-refractivity contribution >= 4 is 0 Å². The van der Waals surface area contributed by atoms with E-state index in [0.29, 0.717) is 6.10 Å². The van der Waals surface area contributed by atoms with Crippen molar-refractivity contribution in [3.63, 3.8) is 0 Å². The van der Waals surface area contributed by atoms with E-state index in [0.717, 1.165) is 19.3 Å². The van der Waals surface area contributed by atoms with Gasteiger partial charge in [0.05, 0.1) is 18.3 Å². The first-order valence-electron chi connectivity index (χ1n) is 4.07. The molecule has 1 saturated heterocycles. The molecule has 0 amide bonds. The monoisotopic (exact) mass is 144 g/mol. The normalized spacial score (nSPS) is 36.3. The minimum atomic E-state index is -0.245. The molecule has 0 saturated carbocycles. The Hall–Kier alpha value is -0.0800. The van der Waals surface area contributed by atoms with E-state index in [4.69, 9.17) is 4.74 Å². The largest absolute Gasteiger partial charge is 0.390 e. The Kier molecular flexibility index (Phi) is 2.69. The Morgan fingerprint density at radius 3 is 2.70 bits per heavy atom. The van der Waals surface area contributed by atoms with Crippen LogP contribution in [-0.4, -0.2) is 23.4 Å². The molecule has 2 heteroatoms. The summed E-state index contributed by atoms with van der Waals surface area (Å²) in [5.74, 6) is 0. The van der Waals surface area contributed by atoms with Crippen LogP contribution < -0.4 is 0 Å². The maximum absolute atomic E-state index is 9.35. The SMILES string of the molecule is CC[C@H](O)[C@@H]1CC[C@@H](C)O1. The molecule has 3 atom stereocenters. The molecule has 1 N–H and O–H groups in total. The van der Waals surface area contributed by atoms with Crippen LogP contribution in [0.4, 0.5) is 0 Å². The van der Waals surface area contributed by atoms with Gasteiger partial charge in [-0.15, -0.1) is 0 Å². The molecule has 0 aromatic rings. The molecule has 1 heterocycles. The van der Waals surface area contributed by atoms with E-state index in [9.17, 15) is 5.11 Å². The number of aliphatic hydroxyl groups excluding tert-OH is 1. The van der Waals surface area contributed by atoms with Gasteiger partial charge in [-0.2, -0.15) is 0 Å². The number of ether oxygens (including phenoxy) is 1. The van der Waals surface area contributed by atoms with Gasteiger partial charge in [0.1, 0.15) is 0 Å². The molecular formula is C8H16O2. The maximum atomic E-state index is 9.35. The number of rotatable bonds is 2. The van der Waals surface area contributed by atoms with Crippen LogP contribution in [0.2, 0.25) is 0 Å². The number of aliphatic hydroxyl groups is 1. The van der Waals surface area contributed by atoms with Crippen LogP contribution >= 0.6 is 0 Å². The van der Waals surface area contributed by atoms with E-state index < -0.39 is 0 Å². The van der Waals surface area contributed by atoms with Crippen molar-refractivity contribution in [1.29, 1.82) is 0 Å². The van der Waals surface area contributed by atoms with Gasteiger partial charge < -0.3 is 9.84 Å². The van der Waals surface area contributed by atoms with Crippen LogP contribution in [0.5, 0.6) is 0 Å². The van der Waals surface area contributed by atoms with Gasteiger partial charge in [-0.05, 0) is 26.2 Å². The molecule has 2 nitrogen and oxygen atoms in total. The molecule has 60 valence electrons. The van der Waals surface area contributed by atoms with E-state index >= 15 is 0 Å². The zero-order chi connectivity index (χ0) is 7.56. The second kappa shape index (κ2) is 3.35. The van der Waals surface area contributed by atoms with Gasteiger partial charge in [0, 0.05) is 0 Å². The lowest BCUT2D eigenvalue weighted by molar-refractivity contribution is -0.0294. The fourth-order valence-corrected chi connectivity index (χ4v) is 1.38. The van der Waals surface area contributed by atoms with Crippen molar-refractivity contribution in [2.24, 2.45) is 0 Å². The first kappa shape index (κ1) is 8.02. The maximum Gasteiger partial charge on any atom is 0.0838 e. The number of hydrogen-bond acceptors (Lipinski definition) is 2. The van der Waals surface area contributed by atoms with E-state index in [-0.39, 0.29) is 12.2 Å². The Labute approximate surface area is 62.2 Å². The van der Waals surface area contributed by atoms with E-state index in [1.54, 1.807) is 0 Å². The average Bonchev–Trinajstić information content (AvgIpc) is 2.34. The topological polar surface area (TPSA) is 29.5 Å². The number of hydrogen-bond donors (Lipinski definition) is 1. The minimum Gasteiger partial charge on any atom is -0.390 e. The molecule has 1 rings (SSSR count). The molecule has 0 aromatic heterocycles. The lowest BCUT2D eigenvalue weighted by atomic mass is 10.1. The van der Waals surface area contributed by atoms with E-state index in [2.05, 4.69) is 6.92 Å². The lowest BCUT2D eigenvalue weighted by Gasteiger charge is -2.15. The smallest absolute Gasteiger partial charge is 0.0838 e. The van der Waals surface area contributed by atoms with Gasteiger partial charge in [-0.3, -0.25) is 0 Å². The second-order valence-electron chi connectivity index (χ2n) is 3.04. The Bertz CT molecular complexity index is 103. The third-order valence-corrected chi connectivity index (χ3v) is 2.11. The summed E-state index contributed by atoms with van der Waals surface area (Å²) in [4.78, 5) is 0. The van der Waals surface area contributed by atoms with Crippen LogP contribution in [0.1, 0.15) is 33.1 Å². The molecule has 10 heavy (non-hydrogen) atoms. The Morgan fingerprint density at radius 2 is 2.30 bits per heavy atom. The molecule has 0 aliphatic carbocycles. The fourth-order valence-electron chi connectivity index (χ4n) is 1.38. The van der Waals surface area contributed by atoms with Crippen LogP contribution in [0.25, 0.3) is 0 Å². The first-order chi connectivity index (χ1) is 4.74. The van der Waals surface area contributed by atoms with Crippen LogP contribution in [0, 0.1) is 0 Å². The highest BCUT2D eigenvalue weighted by molar-refractivity contribution is 4.75. The molecule has 0 aromatic carbocycles. The highest BCUT2D eigenvalue weighted by atomic mass is 16.5. The summed E-state index contributed by atoms with van der Waals surface area (Å²) in [6.07, 6.45) is 3.14. The molecule has 0 bridgehead atoms. The quantitative estimate of drug-likeness (QED) is 0.633. The van der Waals surface area contributed by atoms with Crippen molar-refractivity contribution in [1.82, 2.24) is 0 Å². The second-order valence-corrected chi connectivity index (χ2v) is 3.04. The summed E-state index contributed by atoms with van der Waals surface area (Å²) in [5.41, 5.74) is 0. The van der Waals surface area contributed by atoms with Crippen molar-refractivity contribution in [3.05, 3.63) is 0 Å². The zero-order valence-electron chi connectivity index (χ0n) is 6.71. The Balaban J connectivity index is 2.29. The van der Waals surface area contributed by atoms with Gasteiger partial charge in [0.15, 0.2) is 0 Å². The highest BCUT2D eigenvalue weighted by Crippen LogP contribution is 2.22. The van der Waals surface area contributed by atoms with Crippen LogP contribution in [-0.2, 0) is 4.74 Å². The van der Waals surface area contributed by atoms with E-state index in [1.165, 1.54) is 0 Å². The third-order valence-electron chi connectivity index (χ3n) is 2.11. The van der Waals surface area contributed by atoms with Gasteiger partial charge in [-0.1, -0.05) is 6.92 Å². The molecule has 1 aliphatic heterocycles. The van der Waals surface area contributed by atoms with Gasteiger partial charge >= 0.3 is 0 Å². The molecule has 1 aliphatic rings. The predicted molar refractivity (Wildman–Crippen MR) is 39.9 cm³/mol. The zero-order valence-corrected chi connectivity index (χ0v) is 6.71. The fraction of sp³-hybridized carbons (Fsp3) is 1.00. The summed E-state index contributed by atoms with van der Waals surface area (Å²) in [6.45, 7) is 4.04. The van der Waals surface area contributed by atoms with Crippen molar-refractivity contribution in [2.75, 3.05) is 0 Å². The summed E-state index contributed by atoms with van der Waals surface area (Å²) in [7, 11) is 0. The summed E-state index contributed by atoms with van der Waals surface area (Å²) >= 11 is 0. The van der Waals surface area contributed by atoms with Crippen molar-refractivity contribution < 1.29 is 9.84 Å². The van der Waals surface area contributed by atoms with Gasteiger partial charge in [0.25, 0.3) is 0 Å². The predicted octanol–water partition coefficient (Wildman–Crippen LogP) is 1.32. The summed E-state index contributed by atoms with van der Waals surface area (Å²) in [6, 6.07) is 0.